The molecule has 0 fully saturated rings. The van der Waals surface area contributed by atoms with Crippen LogP contribution in [0.15, 0.2) is 24.5 Å². The van der Waals surface area contributed by atoms with Gasteiger partial charge in [0, 0.05) is 16.4 Å². The molecule has 0 bridgehead atoms. The Kier molecular flexibility index (Phi) is 14.7. The molecule has 3 heterocycles. The molecule has 0 atom stereocenters. The van der Waals surface area contributed by atoms with Crippen molar-refractivity contribution in [3.05, 3.63) is 50.9 Å². The largest absolute Gasteiger partial charge is 0.459 e. The lowest BCUT2D eigenvalue weighted by molar-refractivity contribution is -0.146. The zero-order valence-corrected chi connectivity index (χ0v) is 26.4. The Morgan fingerprint density at radius 2 is 1.12 bits per heavy atom. The third-order valence-corrected chi connectivity index (χ3v) is 7.07. The van der Waals surface area contributed by atoms with Gasteiger partial charge in [-0.05, 0) is 47.6 Å². The highest BCUT2D eigenvalue weighted by atomic mass is 127. The maximum atomic E-state index is 12.0. The summed E-state index contributed by atoms with van der Waals surface area (Å²) in [6.45, 7) is 5.43. The summed E-state index contributed by atoms with van der Waals surface area (Å²) >= 11 is 2.26. The lowest BCUT2D eigenvalue weighted by Crippen LogP contribution is -2.08. The second-order valence-corrected chi connectivity index (χ2v) is 11.5. The highest BCUT2D eigenvalue weighted by molar-refractivity contribution is 14.1. The van der Waals surface area contributed by atoms with Crippen LogP contribution in [0.25, 0.3) is 0 Å². The molecule has 224 valence electrons. The number of esters is 2. The van der Waals surface area contributed by atoms with Crippen molar-refractivity contribution in [1.82, 2.24) is 35.0 Å². The molecule has 0 aliphatic heterocycles. The van der Waals surface area contributed by atoms with Crippen LogP contribution >= 0.6 is 22.6 Å². The topological polar surface area (TPSA) is 127 Å². The minimum Gasteiger partial charge on any atom is -0.459 e. The Morgan fingerprint density at radius 1 is 0.683 bits per heavy atom. The monoisotopic (exact) mass is 679 g/mol. The summed E-state index contributed by atoms with van der Waals surface area (Å²) < 4.78 is 15.1. The summed E-state index contributed by atoms with van der Waals surface area (Å²) in [5.41, 5.74) is 2.84. The number of hydrogen-bond donors (Lipinski definition) is 0. The summed E-state index contributed by atoms with van der Waals surface area (Å²) in [7, 11) is 0. The van der Waals surface area contributed by atoms with Gasteiger partial charge in [0.15, 0.2) is 0 Å². The van der Waals surface area contributed by atoms with Crippen LogP contribution in [0.2, 0.25) is 0 Å². The number of ether oxygens (including phenoxy) is 2. The average molecular weight is 680 g/mol. The molecule has 41 heavy (non-hydrogen) atoms. The van der Waals surface area contributed by atoms with E-state index < -0.39 is 0 Å². The van der Waals surface area contributed by atoms with Crippen molar-refractivity contribution in [3.63, 3.8) is 0 Å². The predicted octanol–water partition coefficient (Wildman–Crippen LogP) is 5.77. The van der Waals surface area contributed by atoms with E-state index >= 15 is 0 Å². The Bertz CT molecular complexity index is 1120. The number of nitrogens with zero attached hydrogens (tertiary/aromatic N) is 7. The van der Waals surface area contributed by atoms with Gasteiger partial charge in [0.25, 0.3) is 0 Å². The third-order valence-electron chi connectivity index (χ3n) is 6.45. The summed E-state index contributed by atoms with van der Waals surface area (Å²) in [6, 6.07) is 3.97. The molecular weight excluding hydrogens is 637 g/mol. The molecule has 0 saturated heterocycles. The SMILES string of the molecule is CCCCCCCC(=O)OCc1cn(Cc2cc(I)cc(Cn3cc(COC(=O)CCCCCCC)nn3)n2)nn1. The van der Waals surface area contributed by atoms with Gasteiger partial charge in [0.2, 0.25) is 0 Å². The van der Waals surface area contributed by atoms with Gasteiger partial charge in [-0.25, -0.2) is 9.36 Å². The fraction of sp³-hybridized carbons (Fsp3) is 0.621. The maximum Gasteiger partial charge on any atom is 0.306 e. The molecular formula is C29H42IN7O4. The predicted molar refractivity (Wildman–Crippen MR) is 162 cm³/mol. The van der Waals surface area contributed by atoms with Crippen molar-refractivity contribution in [3.8, 4) is 0 Å². The fourth-order valence-electron chi connectivity index (χ4n) is 4.27. The molecule has 3 aromatic heterocycles. The van der Waals surface area contributed by atoms with Gasteiger partial charge in [-0.3, -0.25) is 14.6 Å². The number of hydrogen-bond acceptors (Lipinski definition) is 9. The van der Waals surface area contributed by atoms with Crippen molar-refractivity contribution in [2.24, 2.45) is 0 Å². The molecule has 12 heteroatoms. The van der Waals surface area contributed by atoms with Gasteiger partial charge in [-0.2, -0.15) is 0 Å². The van der Waals surface area contributed by atoms with E-state index in [2.05, 4.69) is 57.1 Å². The number of pyridine rings is 1. The third kappa shape index (κ3) is 13.1. The first kappa shape index (κ1) is 32.6. The average Bonchev–Trinajstić information content (AvgIpc) is 3.59. The normalized spacial score (nSPS) is 11.1. The van der Waals surface area contributed by atoms with Crippen LogP contribution < -0.4 is 0 Å². The molecule has 3 rings (SSSR count). The zero-order chi connectivity index (χ0) is 29.3. The Morgan fingerprint density at radius 3 is 1.56 bits per heavy atom. The number of aromatic nitrogens is 7. The molecule has 0 unspecified atom stereocenters. The minimum absolute atomic E-state index is 0.113. The molecule has 0 aromatic carbocycles. The van der Waals surface area contributed by atoms with Crippen molar-refractivity contribution in [1.29, 1.82) is 0 Å². The summed E-state index contributed by atoms with van der Waals surface area (Å²) in [4.78, 5) is 28.7. The van der Waals surface area contributed by atoms with Crippen LogP contribution in [0.4, 0.5) is 0 Å². The van der Waals surface area contributed by atoms with Crippen LogP contribution in [0.3, 0.4) is 0 Å². The van der Waals surface area contributed by atoms with E-state index in [0.29, 0.717) is 37.3 Å². The first-order valence-electron chi connectivity index (χ1n) is 14.7. The molecule has 0 N–H and O–H groups in total. The molecule has 0 spiro atoms. The van der Waals surface area contributed by atoms with Crippen LogP contribution in [-0.2, 0) is 45.4 Å². The minimum atomic E-state index is -0.202. The first-order valence-corrected chi connectivity index (χ1v) is 15.8. The zero-order valence-electron chi connectivity index (χ0n) is 24.3. The van der Waals surface area contributed by atoms with Crippen molar-refractivity contribution < 1.29 is 19.1 Å². The van der Waals surface area contributed by atoms with Gasteiger partial charge in [-0.15, -0.1) is 10.2 Å². The molecule has 0 saturated carbocycles. The van der Waals surface area contributed by atoms with Gasteiger partial charge >= 0.3 is 11.9 Å². The van der Waals surface area contributed by atoms with Crippen molar-refractivity contribution in [2.45, 2.75) is 117 Å². The van der Waals surface area contributed by atoms with E-state index in [4.69, 9.17) is 14.5 Å². The van der Waals surface area contributed by atoms with Gasteiger partial charge in [0.05, 0.1) is 36.9 Å². The van der Waals surface area contributed by atoms with Crippen LogP contribution in [0.5, 0.6) is 0 Å². The summed E-state index contributed by atoms with van der Waals surface area (Å²) in [5, 5.41) is 16.6. The van der Waals surface area contributed by atoms with Crippen molar-refractivity contribution in [2.75, 3.05) is 0 Å². The quantitative estimate of drug-likeness (QED) is 0.0831. The Hall–Kier alpha value is -2.90. The maximum absolute atomic E-state index is 12.0. The number of carbonyl (C=O) groups is 2. The summed E-state index contributed by atoms with van der Waals surface area (Å²) in [5.74, 6) is -0.403. The summed E-state index contributed by atoms with van der Waals surface area (Å²) in [6.07, 6.45) is 15.3. The molecule has 0 radical (unpaired) electrons. The van der Waals surface area contributed by atoms with Crippen LogP contribution in [0.1, 0.15) is 114 Å². The number of carbonyl (C=O) groups excluding carboxylic acids is 2. The van der Waals surface area contributed by atoms with E-state index in [1.54, 1.807) is 21.8 Å². The lowest BCUT2D eigenvalue weighted by Gasteiger charge is -2.06. The first-order chi connectivity index (χ1) is 19.9. The van der Waals surface area contributed by atoms with E-state index in [1.165, 1.54) is 25.7 Å². The van der Waals surface area contributed by atoms with E-state index in [0.717, 1.165) is 53.5 Å². The lowest BCUT2D eigenvalue weighted by atomic mass is 10.1. The number of unbranched alkanes of at least 4 members (excludes halogenated alkanes) is 8. The van der Waals surface area contributed by atoms with Gasteiger partial charge < -0.3 is 9.47 Å². The molecule has 0 aliphatic rings. The van der Waals surface area contributed by atoms with E-state index in [1.807, 2.05) is 12.1 Å². The number of halogens is 1. The fourth-order valence-corrected chi connectivity index (χ4v) is 4.98. The molecule has 0 amide bonds. The van der Waals surface area contributed by atoms with Crippen LogP contribution in [-0.4, -0.2) is 46.9 Å². The molecule has 11 nitrogen and oxygen atoms in total. The smallest absolute Gasteiger partial charge is 0.306 e. The van der Waals surface area contributed by atoms with Crippen molar-refractivity contribution >= 4 is 34.5 Å². The standard InChI is InChI=1S/C29H42IN7O4/c1-3-5-7-9-11-13-28(38)40-21-26-19-36(34-32-26)17-24-15-23(30)16-25(31-24)18-37-20-27(33-35-37)22-41-29(39)14-12-10-8-6-4-2/h15-16,19-20H,3-14,17-18,21-22H2,1-2H3. The van der Waals surface area contributed by atoms with E-state index in [9.17, 15) is 9.59 Å². The number of rotatable bonds is 20. The second-order valence-electron chi connectivity index (χ2n) is 10.2. The molecule has 3 aromatic rings. The van der Waals surface area contributed by atoms with Crippen LogP contribution in [0, 0.1) is 3.57 Å². The second kappa shape index (κ2) is 18.5. The molecule has 0 aliphatic carbocycles. The Balaban J connectivity index is 1.43. The van der Waals surface area contributed by atoms with Gasteiger partial charge in [0.1, 0.15) is 24.6 Å². The Labute approximate surface area is 255 Å². The van der Waals surface area contributed by atoms with E-state index in [-0.39, 0.29) is 25.2 Å². The van der Waals surface area contributed by atoms with Gasteiger partial charge in [-0.1, -0.05) is 75.6 Å². The highest BCUT2D eigenvalue weighted by Gasteiger charge is 2.11. The highest BCUT2D eigenvalue weighted by Crippen LogP contribution is 2.13.